The zero-order chi connectivity index (χ0) is 22.2. The molecule has 1 aliphatic heterocycles. The number of aryl methyl sites for hydroxylation is 1. The van der Waals surface area contributed by atoms with E-state index in [1.807, 2.05) is 44.3 Å². The Morgan fingerprint density at radius 1 is 1.16 bits per heavy atom. The Hall–Kier alpha value is -2.73. The Balaban J connectivity index is 0.00000363. The van der Waals surface area contributed by atoms with Crippen molar-refractivity contribution in [2.24, 2.45) is 4.99 Å². The van der Waals surface area contributed by atoms with E-state index in [9.17, 15) is 4.79 Å². The Morgan fingerprint density at radius 3 is 2.59 bits per heavy atom. The van der Waals surface area contributed by atoms with Crippen molar-refractivity contribution in [1.82, 2.24) is 9.97 Å². The number of H-pyrrole nitrogens is 2. The molecule has 0 aliphatic carbocycles. The summed E-state index contributed by atoms with van der Waals surface area (Å²) < 4.78 is 11.0. The molecule has 3 heterocycles. The van der Waals surface area contributed by atoms with Gasteiger partial charge in [-0.2, -0.15) is 0 Å². The fraction of sp³-hybridized carbons (Fsp3) is 0.440. The number of aromatic nitrogens is 2. The largest absolute Gasteiger partial charge is 0.494 e. The third kappa shape index (κ3) is 6.16. The molecule has 0 saturated carbocycles. The van der Waals surface area contributed by atoms with Gasteiger partial charge in [0.25, 0.3) is 0 Å². The molecule has 0 radical (unpaired) electrons. The monoisotopic (exact) mass is 459 g/mol. The summed E-state index contributed by atoms with van der Waals surface area (Å²) in [6.07, 6.45) is 12.7. The maximum Gasteiger partial charge on any atom is 0.340 e. The molecule has 0 bridgehead atoms. The van der Waals surface area contributed by atoms with Gasteiger partial charge in [0.1, 0.15) is 11.5 Å². The highest BCUT2D eigenvalue weighted by Gasteiger charge is 2.21. The van der Waals surface area contributed by atoms with E-state index >= 15 is 0 Å². The third-order valence-corrected chi connectivity index (χ3v) is 5.55. The number of ether oxygens (including phenoxy) is 2. The minimum absolute atomic E-state index is 0. The highest BCUT2D eigenvalue weighted by atomic mass is 35.5. The van der Waals surface area contributed by atoms with Crippen molar-refractivity contribution in [3.63, 3.8) is 0 Å². The summed E-state index contributed by atoms with van der Waals surface area (Å²) in [5.41, 5.74) is 5.54. The van der Waals surface area contributed by atoms with Crippen molar-refractivity contribution in [3.8, 4) is 0 Å². The highest BCUT2D eigenvalue weighted by Crippen LogP contribution is 2.27. The number of nitrogens with zero attached hydrogens (tertiary/aromatic N) is 1. The van der Waals surface area contributed by atoms with E-state index in [1.54, 1.807) is 7.11 Å². The number of allylic oxidation sites excluding steroid dienone is 1. The quantitative estimate of drug-likeness (QED) is 0.307. The minimum Gasteiger partial charge on any atom is -0.494 e. The number of hydrogen-bond acceptors (Lipinski definition) is 4. The lowest BCUT2D eigenvalue weighted by Crippen LogP contribution is -2.08. The van der Waals surface area contributed by atoms with Crippen LogP contribution < -0.4 is 0 Å². The number of esters is 1. The zero-order valence-electron chi connectivity index (χ0n) is 19.4. The summed E-state index contributed by atoms with van der Waals surface area (Å²) in [5, 5.41) is 0. The molecule has 0 fully saturated rings. The van der Waals surface area contributed by atoms with Gasteiger partial charge in [0.15, 0.2) is 0 Å². The lowest BCUT2D eigenvalue weighted by Gasteiger charge is -2.06. The number of nitrogens with one attached hydrogen (secondary N) is 2. The second-order valence-corrected chi connectivity index (χ2v) is 7.89. The first-order chi connectivity index (χ1) is 15.0. The standard InChI is InChI=1S/C25H33N3O3.ClH/c1-5-6-7-8-9-10-14-31-25(29)24-17(2)20(27-18(24)3)15-22-23(30-4)16-21(28-22)19-12-11-13-26-19;/h11-13,15-16,26-27H,5-10,14H2,1-4H3;1H/b22-15-;. The maximum absolute atomic E-state index is 12.7. The number of unbranched alkanes of at least 4 members (excludes halogenated alkanes) is 5. The molecule has 0 amide bonds. The molecule has 2 N–H and O–H groups in total. The van der Waals surface area contributed by atoms with Crippen molar-refractivity contribution in [3.05, 3.63) is 64.1 Å². The van der Waals surface area contributed by atoms with Crippen LogP contribution in [0.4, 0.5) is 0 Å². The molecular formula is C25H34ClN3O3. The smallest absolute Gasteiger partial charge is 0.340 e. The number of hydrogen-bond donors (Lipinski definition) is 2. The molecule has 0 aromatic carbocycles. The van der Waals surface area contributed by atoms with E-state index in [2.05, 4.69) is 21.9 Å². The Labute approximate surface area is 196 Å². The maximum atomic E-state index is 12.7. The predicted octanol–water partition coefficient (Wildman–Crippen LogP) is 6.27. The number of aromatic amines is 2. The van der Waals surface area contributed by atoms with Gasteiger partial charge in [-0.3, -0.25) is 0 Å². The second-order valence-electron chi connectivity index (χ2n) is 7.89. The van der Waals surface area contributed by atoms with Gasteiger partial charge in [0.2, 0.25) is 0 Å². The Bertz CT molecular complexity index is 984. The molecule has 2 aromatic rings. The first-order valence-corrected chi connectivity index (χ1v) is 11.1. The van der Waals surface area contributed by atoms with Crippen LogP contribution in [0.15, 0.2) is 40.9 Å². The van der Waals surface area contributed by atoms with Gasteiger partial charge in [0.05, 0.1) is 30.7 Å². The molecule has 0 saturated heterocycles. The molecule has 32 heavy (non-hydrogen) atoms. The van der Waals surface area contributed by atoms with Gasteiger partial charge in [-0.1, -0.05) is 39.0 Å². The molecule has 0 unspecified atom stereocenters. The van der Waals surface area contributed by atoms with Crippen LogP contribution in [-0.4, -0.2) is 35.4 Å². The lowest BCUT2D eigenvalue weighted by atomic mass is 10.1. The zero-order valence-corrected chi connectivity index (χ0v) is 20.2. The first-order valence-electron chi connectivity index (χ1n) is 11.1. The number of carbonyl (C=O) groups excluding carboxylic acids is 1. The van der Waals surface area contributed by atoms with E-state index in [-0.39, 0.29) is 18.4 Å². The molecule has 2 aromatic heterocycles. The van der Waals surface area contributed by atoms with Crippen LogP contribution in [0.2, 0.25) is 0 Å². The molecule has 6 nitrogen and oxygen atoms in total. The van der Waals surface area contributed by atoms with E-state index in [4.69, 9.17) is 9.47 Å². The topological polar surface area (TPSA) is 79.5 Å². The highest BCUT2D eigenvalue weighted by molar-refractivity contribution is 6.11. The number of halogens is 1. The summed E-state index contributed by atoms with van der Waals surface area (Å²) in [6.45, 7) is 6.50. The molecule has 174 valence electrons. The van der Waals surface area contributed by atoms with E-state index in [1.165, 1.54) is 25.7 Å². The van der Waals surface area contributed by atoms with E-state index < -0.39 is 0 Å². The summed E-state index contributed by atoms with van der Waals surface area (Å²) in [7, 11) is 1.63. The van der Waals surface area contributed by atoms with Crippen molar-refractivity contribution >= 4 is 30.2 Å². The van der Waals surface area contributed by atoms with E-state index in [0.29, 0.717) is 23.6 Å². The number of carbonyl (C=O) groups is 1. The SMILES string of the molecule is CCCCCCCCOC(=O)c1c(C)[nH]c(/C=C2\N=C(c3ccc[nH]3)C=C2OC)c1C.Cl. The Kier molecular flexibility index (Phi) is 9.85. The second kappa shape index (κ2) is 12.3. The molecule has 0 atom stereocenters. The third-order valence-electron chi connectivity index (χ3n) is 5.55. The van der Waals surface area contributed by atoms with Crippen molar-refractivity contribution < 1.29 is 14.3 Å². The van der Waals surface area contributed by atoms with Crippen LogP contribution >= 0.6 is 12.4 Å². The van der Waals surface area contributed by atoms with Gasteiger partial charge >= 0.3 is 5.97 Å². The van der Waals surface area contributed by atoms with Crippen molar-refractivity contribution in [2.45, 2.75) is 59.3 Å². The first kappa shape index (κ1) is 25.5. The molecule has 3 rings (SSSR count). The minimum atomic E-state index is -0.269. The van der Waals surface area contributed by atoms with Gasteiger partial charge in [-0.25, -0.2) is 9.79 Å². The summed E-state index contributed by atoms with van der Waals surface area (Å²) in [6, 6.07) is 3.90. The van der Waals surface area contributed by atoms with Crippen LogP contribution in [0.5, 0.6) is 0 Å². The lowest BCUT2D eigenvalue weighted by molar-refractivity contribution is 0.0496. The summed E-state index contributed by atoms with van der Waals surface area (Å²) >= 11 is 0. The van der Waals surface area contributed by atoms with Gasteiger partial charge in [-0.15, -0.1) is 12.4 Å². The molecule has 0 spiro atoms. The summed E-state index contributed by atoms with van der Waals surface area (Å²) in [4.78, 5) is 23.8. The molecular weight excluding hydrogens is 426 g/mol. The summed E-state index contributed by atoms with van der Waals surface area (Å²) in [5.74, 6) is 0.414. The predicted molar refractivity (Wildman–Crippen MR) is 132 cm³/mol. The average molecular weight is 460 g/mol. The molecule has 7 heteroatoms. The molecule has 1 aliphatic rings. The van der Waals surface area contributed by atoms with Gasteiger partial charge < -0.3 is 19.4 Å². The normalized spacial score (nSPS) is 14.2. The van der Waals surface area contributed by atoms with Gasteiger partial charge in [-0.05, 0) is 44.0 Å². The van der Waals surface area contributed by atoms with Crippen molar-refractivity contribution in [1.29, 1.82) is 0 Å². The van der Waals surface area contributed by atoms with Crippen LogP contribution in [0.25, 0.3) is 6.08 Å². The number of methoxy groups -OCH3 is 1. The van der Waals surface area contributed by atoms with Crippen LogP contribution in [-0.2, 0) is 9.47 Å². The number of rotatable bonds is 11. The van der Waals surface area contributed by atoms with E-state index in [0.717, 1.165) is 41.2 Å². The average Bonchev–Trinajstić information content (AvgIpc) is 3.47. The fourth-order valence-corrected chi connectivity index (χ4v) is 3.79. The van der Waals surface area contributed by atoms with Crippen LogP contribution in [0, 0.1) is 13.8 Å². The number of aliphatic imine (C=N–C) groups is 1. The Morgan fingerprint density at radius 2 is 1.91 bits per heavy atom. The van der Waals surface area contributed by atoms with Gasteiger partial charge in [0, 0.05) is 23.7 Å². The van der Waals surface area contributed by atoms with Crippen LogP contribution in [0.1, 0.15) is 78.5 Å². The fourth-order valence-electron chi connectivity index (χ4n) is 3.79. The van der Waals surface area contributed by atoms with Crippen molar-refractivity contribution in [2.75, 3.05) is 13.7 Å². The van der Waals surface area contributed by atoms with Crippen LogP contribution in [0.3, 0.4) is 0 Å².